The molecule has 0 spiro atoms. The first kappa shape index (κ1) is 17.5. The molecule has 0 N–H and O–H groups in total. The van der Waals surface area contributed by atoms with E-state index < -0.39 is 12.1 Å². The summed E-state index contributed by atoms with van der Waals surface area (Å²) in [5.41, 5.74) is 0.999. The minimum Gasteiger partial charge on any atom is -0.497 e. The summed E-state index contributed by atoms with van der Waals surface area (Å²) >= 11 is 0. The number of carbonyl (C=O) groups is 1. The van der Waals surface area contributed by atoms with E-state index in [0.29, 0.717) is 22.5 Å². The fourth-order valence-corrected chi connectivity index (χ4v) is 2.52. The van der Waals surface area contributed by atoms with Gasteiger partial charge in [0.05, 0.1) is 19.6 Å². The second-order valence-electron chi connectivity index (χ2n) is 5.64. The summed E-state index contributed by atoms with van der Waals surface area (Å²) in [6, 6.07) is 13.5. The van der Waals surface area contributed by atoms with E-state index in [9.17, 15) is 9.59 Å². The maximum atomic E-state index is 12.5. The van der Waals surface area contributed by atoms with Crippen molar-refractivity contribution in [1.82, 2.24) is 0 Å². The molecule has 6 heteroatoms. The molecule has 0 aliphatic rings. The standard InChI is InChI=1S/C20H18O6/c1-12(20(22)24-3)25-15-8-9-18-16(10-15)17(21)11-19(26-18)13-4-6-14(23-2)7-5-13/h4-12H,1-3H3/t12-/m0/s1. The monoisotopic (exact) mass is 354 g/mol. The maximum absolute atomic E-state index is 12.5. The summed E-state index contributed by atoms with van der Waals surface area (Å²) in [7, 11) is 2.88. The van der Waals surface area contributed by atoms with Crippen molar-refractivity contribution in [2.24, 2.45) is 0 Å². The normalized spacial score (nSPS) is 11.8. The zero-order valence-electron chi connectivity index (χ0n) is 14.6. The third kappa shape index (κ3) is 3.54. The highest BCUT2D eigenvalue weighted by Crippen LogP contribution is 2.26. The topological polar surface area (TPSA) is 75.0 Å². The largest absolute Gasteiger partial charge is 0.497 e. The summed E-state index contributed by atoms with van der Waals surface area (Å²) in [6.07, 6.45) is -0.775. The fourth-order valence-electron chi connectivity index (χ4n) is 2.52. The Bertz CT molecular complexity index is 987. The van der Waals surface area contributed by atoms with Gasteiger partial charge in [0.1, 0.15) is 22.8 Å². The molecule has 6 nitrogen and oxygen atoms in total. The summed E-state index contributed by atoms with van der Waals surface area (Å²) in [5, 5.41) is 0.372. The number of esters is 1. The molecule has 0 unspecified atom stereocenters. The van der Waals surface area contributed by atoms with E-state index in [-0.39, 0.29) is 5.43 Å². The van der Waals surface area contributed by atoms with Crippen LogP contribution in [-0.2, 0) is 9.53 Å². The van der Waals surface area contributed by atoms with Gasteiger partial charge in [-0.05, 0) is 49.4 Å². The molecule has 0 bridgehead atoms. The SMILES string of the molecule is COC(=O)[C@H](C)Oc1ccc2oc(-c3ccc(OC)cc3)cc(=O)c2c1. The van der Waals surface area contributed by atoms with E-state index >= 15 is 0 Å². The summed E-state index contributed by atoms with van der Waals surface area (Å²) in [6.45, 7) is 1.57. The van der Waals surface area contributed by atoms with Crippen molar-refractivity contribution in [2.45, 2.75) is 13.0 Å². The summed E-state index contributed by atoms with van der Waals surface area (Å²) < 4.78 is 21.1. The highest BCUT2D eigenvalue weighted by molar-refractivity contribution is 5.80. The molecule has 3 aromatic rings. The van der Waals surface area contributed by atoms with Gasteiger partial charge in [-0.3, -0.25) is 4.79 Å². The van der Waals surface area contributed by atoms with Gasteiger partial charge in [0.2, 0.25) is 0 Å². The van der Waals surface area contributed by atoms with Gasteiger partial charge in [-0.2, -0.15) is 0 Å². The van der Waals surface area contributed by atoms with Crippen molar-refractivity contribution in [1.29, 1.82) is 0 Å². The molecule has 1 heterocycles. The van der Waals surface area contributed by atoms with Crippen LogP contribution in [0.5, 0.6) is 11.5 Å². The predicted octanol–water partition coefficient (Wildman–Crippen LogP) is 3.41. The average Bonchev–Trinajstić information content (AvgIpc) is 2.67. The highest BCUT2D eigenvalue weighted by atomic mass is 16.6. The van der Waals surface area contributed by atoms with Gasteiger partial charge in [-0.25, -0.2) is 4.79 Å². The van der Waals surface area contributed by atoms with Crippen LogP contribution in [0.1, 0.15) is 6.92 Å². The molecule has 0 aliphatic heterocycles. The molecule has 26 heavy (non-hydrogen) atoms. The van der Waals surface area contributed by atoms with Gasteiger partial charge < -0.3 is 18.6 Å². The number of hydrogen-bond donors (Lipinski definition) is 0. The Morgan fingerprint density at radius 3 is 2.35 bits per heavy atom. The Morgan fingerprint density at radius 2 is 1.69 bits per heavy atom. The van der Waals surface area contributed by atoms with Crippen LogP contribution >= 0.6 is 0 Å². The number of fused-ring (bicyclic) bond motifs is 1. The van der Waals surface area contributed by atoms with Crippen LogP contribution in [0, 0.1) is 0 Å². The molecule has 1 aromatic heterocycles. The second-order valence-corrected chi connectivity index (χ2v) is 5.64. The Balaban J connectivity index is 1.95. The van der Waals surface area contributed by atoms with Crippen molar-refractivity contribution in [3.05, 3.63) is 58.8 Å². The quantitative estimate of drug-likeness (QED) is 0.654. The lowest BCUT2D eigenvalue weighted by atomic mass is 10.1. The maximum Gasteiger partial charge on any atom is 0.346 e. The van der Waals surface area contributed by atoms with Crippen LogP contribution in [0.4, 0.5) is 0 Å². The van der Waals surface area contributed by atoms with E-state index in [4.69, 9.17) is 13.9 Å². The lowest BCUT2D eigenvalue weighted by Crippen LogP contribution is -2.24. The molecular weight excluding hydrogens is 336 g/mol. The third-order valence-corrected chi connectivity index (χ3v) is 3.92. The van der Waals surface area contributed by atoms with Crippen molar-refractivity contribution in [3.63, 3.8) is 0 Å². The molecule has 3 rings (SSSR count). The van der Waals surface area contributed by atoms with Crippen molar-refractivity contribution < 1.29 is 23.4 Å². The van der Waals surface area contributed by atoms with Crippen molar-refractivity contribution in [2.75, 3.05) is 14.2 Å². The first-order valence-electron chi connectivity index (χ1n) is 7.98. The van der Waals surface area contributed by atoms with Crippen molar-refractivity contribution in [3.8, 4) is 22.8 Å². The number of methoxy groups -OCH3 is 2. The van der Waals surface area contributed by atoms with Gasteiger partial charge >= 0.3 is 5.97 Å². The Hall–Kier alpha value is -3.28. The zero-order valence-corrected chi connectivity index (χ0v) is 14.6. The molecule has 2 aromatic carbocycles. The summed E-state index contributed by atoms with van der Waals surface area (Å²) in [5.74, 6) is 1.08. The lowest BCUT2D eigenvalue weighted by Gasteiger charge is -2.12. The molecule has 0 radical (unpaired) electrons. The molecule has 0 saturated carbocycles. The Kier molecular flexibility index (Phi) is 4.93. The second kappa shape index (κ2) is 7.31. The van der Waals surface area contributed by atoms with Crippen LogP contribution in [0.15, 0.2) is 57.7 Å². The lowest BCUT2D eigenvalue weighted by molar-refractivity contribution is -0.147. The smallest absolute Gasteiger partial charge is 0.346 e. The molecular formula is C20H18O6. The Morgan fingerprint density at radius 1 is 1.00 bits per heavy atom. The predicted molar refractivity (Wildman–Crippen MR) is 96.6 cm³/mol. The van der Waals surface area contributed by atoms with Crippen LogP contribution in [-0.4, -0.2) is 26.3 Å². The molecule has 1 atom stereocenters. The number of benzene rings is 2. The van der Waals surface area contributed by atoms with Crippen LogP contribution in [0.2, 0.25) is 0 Å². The molecule has 0 aliphatic carbocycles. The zero-order chi connectivity index (χ0) is 18.7. The average molecular weight is 354 g/mol. The first-order chi connectivity index (χ1) is 12.5. The van der Waals surface area contributed by atoms with Crippen LogP contribution in [0.25, 0.3) is 22.3 Å². The summed E-state index contributed by atoms with van der Waals surface area (Å²) in [4.78, 5) is 23.9. The van der Waals surface area contributed by atoms with Gasteiger partial charge in [-0.15, -0.1) is 0 Å². The third-order valence-electron chi connectivity index (χ3n) is 3.92. The van der Waals surface area contributed by atoms with E-state index in [1.165, 1.54) is 13.2 Å². The molecule has 134 valence electrons. The van der Waals surface area contributed by atoms with Gasteiger partial charge in [0.25, 0.3) is 0 Å². The number of carbonyl (C=O) groups excluding carboxylic acids is 1. The molecule has 0 amide bonds. The van der Waals surface area contributed by atoms with E-state index in [1.807, 2.05) is 12.1 Å². The van der Waals surface area contributed by atoms with Gasteiger partial charge in [0, 0.05) is 11.6 Å². The van der Waals surface area contributed by atoms with E-state index in [0.717, 1.165) is 11.3 Å². The van der Waals surface area contributed by atoms with Crippen LogP contribution < -0.4 is 14.9 Å². The Labute approximate surface area is 149 Å². The van der Waals surface area contributed by atoms with Crippen LogP contribution in [0.3, 0.4) is 0 Å². The molecule has 0 fully saturated rings. The first-order valence-corrected chi connectivity index (χ1v) is 7.98. The molecule has 0 saturated heterocycles. The van der Waals surface area contributed by atoms with E-state index in [2.05, 4.69) is 4.74 Å². The van der Waals surface area contributed by atoms with Gasteiger partial charge in [0.15, 0.2) is 11.5 Å². The minimum absolute atomic E-state index is 0.201. The number of rotatable bonds is 5. The minimum atomic E-state index is -0.775. The number of ether oxygens (including phenoxy) is 3. The highest BCUT2D eigenvalue weighted by Gasteiger charge is 2.16. The van der Waals surface area contributed by atoms with Gasteiger partial charge in [-0.1, -0.05) is 0 Å². The number of hydrogen-bond acceptors (Lipinski definition) is 6. The van der Waals surface area contributed by atoms with E-state index in [1.54, 1.807) is 44.4 Å². The fraction of sp³-hybridized carbons (Fsp3) is 0.200. The van der Waals surface area contributed by atoms with Crippen molar-refractivity contribution >= 4 is 16.9 Å².